The summed E-state index contributed by atoms with van der Waals surface area (Å²) in [5.41, 5.74) is 5.47. The summed E-state index contributed by atoms with van der Waals surface area (Å²) < 4.78 is 2.05. The smallest absolute Gasteiger partial charge is 0.320 e. The summed E-state index contributed by atoms with van der Waals surface area (Å²) in [6.45, 7) is 6.37. The van der Waals surface area contributed by atoms with E-state index in [0.29, 0.717) is 12.2 Å². The highest BCUT2D eigenvalue weighted by Crippen LogP contribution is 2.35. The fourth-order valence-electron chi connectivity index (χ4n) is 9.00. The van der Waals surface area contributed by atoms with E-state index in [1.54, 1.807) is 62.4 Å². The van der Waals surface area contributed by atoms with Crippen LogP contribution in [0.4, 0.5) is 10.6 Å². The number of amides is 5. The van der Waals surface area contributed by atoms with Gasteiger partial charge in [-0.15, -0.1) is 6.58 Å². The van der Waals surface area contributed by atoms with Gasteiger partial charge in [-0.25, -0.2) is 19.8 Å². The lowest BCUT2D eigenvalue weighted by Gasteiger charge is -2.55. The SMILES string of the molecule is C=CCN1CC(=O)N2[C@@H](Cc3ccc(O)cc3)C(=O)N(Cc3cccc4c(-c5ccc(NC(=O)NC6CCN(C)CC6)nc5)cn(C)c34)C[C@@H]2N1C(=O)CCc1ccccc1. The molecule has 2 atom stereocenters. The number of hydrazine groups is 1. The Hall–Kier alpha value is -6.51. The van der Waals surface area contributed by atoms with Gasteiger partial charge in [0.1, 0.15) is 23.8 Å². The van der Waals surface area contributed by atoms with Gasteiger partial charge in [0.15, 0.2) is 0 Å². The van der Waals surface area contributed by atoms with Crippen molar-refractivity contribution in [1.82, 2.24) is 39.6 Å². The number of phenolic OH excluding ortho intramolecular Hbond substituents is 1. The Balaban J connectivity index is 1.07. The second kappa shape index (κ2) is 18.0. The number of anilines is 1. The first-order valence-corrected chi connectivity index (χ1v) is 20.9. The Morgan fingerprint density at radius 3 is 2.43 bits per heavy atom. The molecule has 0 spiro atoms. The highest BCUT2D eigenvalue weighted by Gasteiger charge is 2.51. The molecule has 3 aromatic carbocycles. The number of fused-ring (bicyclic) bond motifs is 2. The highest BCUT2D eigenvalue weighted by atomic mass is 16.3. The number of nitrogens with zero attached hydrogens (tertiary/aromatic N) is 7. The van der Waals surface area contributed by atoms with E-state index in [1.165, 1.54) is 0 Å². The van der Waals surface area contributed by atoms with Crippen molar-refractivity contribution in [3.8, 4) is 16.9 Å². The van der Waals surface area contributed by atoms with E-state index in [4.69, 9.17) is 0 Å². The second-order valence-corrected chi connectivity index (χ2v) is 16.3. The molecule has 3 aliphatic heterocycles. The zero-order valence-electron chi connectivity index (χ0n) is 34.7. The first kappa shape index (κ1) is 41.2. The molecular weight excluding hydrogens is 771 g/mol. The van der Waals surface area contributed by atoms with Crippen LogP contribution in [0.5, 0.6) is 5.75 Å². The van der Waals surface area contributed by atoms with E-state index in [-0.39, 0.29) is 74.6 Å². The fraction of sp³-hybridized carbons (Fsp3) is 0.340. The number of nitrogens with one attached hydrogen (secondary N) is 2. The van der Waals surface area contributed by atoms with Crippen LogP contribution >= 0.6 is 0 Å². The molecule has 5 amide bonds. The van der Waals surface area contributed by atoms with Gasteiger partial charge in [-0.3, -0.25) is 19.7 Å². The zero-order valence-corrected chi connectivity index (χ0v) is 34.7. The van der Waals surface area contributed by atoms with Crippen molar-refractivity contribution in [2.75, 3.05) is 45.1 Å². The first-order valence-electron chi connectivity index (χ1n) is 20.9. The van der Waals surface area contributed by atoms with Crippen LogP contribution in [0.15, 0.2) is 110 Å². The number of carbonyl (C=O) groups excluding carboxylic acids is 4. The number of likely N-dealkylation sites (tertiary alicyclic amines) is 1. The lowest BCUT2D eigenvalue weighted by molar-refractivity contribution is -0.205. The van der Waals surface area contributed by atoms with E-state index in [9.17, 15) is 24.3 Å². The Labute approximate surface area is 356 Å². The number of phenols is 1. The average molecular weight is 824 g/mol. The fourth-order valence-corrected chi connectivity index (χ4v) is 9.00. The van der Waals surface area contributed by atoms with Crippen molar-refractivity contribution in [1.29, 1.82) is 0 Å². The summed E-state index contributed by atoms with van der Waals surface area (Å²) in [7, 11) is 4.06. The predicted molar refractivity (Wildman–Crippen MR) is 234 cm³/mol. The van der Waals surface area contributed by atoms with E-state index in [2.05, 4.69) is 34.1 Å². The van der Waals surface area contributed by atoms with Crippen LogP contribution in [-0.4, -0.2) is 121 Å². The Morgan fingerprint density at radius 1 is 0.934 bits per heavy atom. The number of hydrogen-bond donors (Lipinski definition) is 3. The molecule has 316 valence electrons. The molecule has 0 unspecified atom stereocenters. The number of rotatable bonds is 12. The molecule has 14 heteroatoms. The van der Waals surface area contributed by atoms with E-state index in [1.807, 2.05) is 72.4 Å². The van der Waals surface area contributed by atoms with Gasteiger partial charge in [-0.2, -0.15) is 0 Å². The number of carbonyl (C=O) groups is 4. The molecular formula is C47H53N9O5. The first-order chi connectivity index (χ1) is 29.6. The summed E-state index contributed by atoms with van der Waals surface area (Å²) in [6, 6.07) is 25.2. The third-order valence-corrected chi connectivity index (χ3v) is 12.1. The van der Waals surface area contributed by atoms with Gasteiger partial charge >= 0.3 is 6.03 Å². The number of aromatic nitrogens is 2. The number of benzene rings is 3. The number of piperidine rings is 1. The maximum Gasteiger partial charge on any atom is 0.320 e. The minimum atomic E-state index is -0.890. The number of piperazine rings is 1. The molecule has 5 aromatic rings. The van der Waals surface area contributed by atoms with Gasteiger partial charge in [0.25, 0.3) is 0 Å². The van der Waals surface area contributed by atoms with E-state index in [0.717, 1.165) is 64.7 Å². The second-order valence-electron chi connectivity index (χ2n) is 16.3. The van der Waals surface area contributed by atoms with Crippen LogP contribution in [0.2, 0.25) is 0 Å². The summed E-state index contributed by atoms with van der Waals surface area (Å²) in [6.07, 6.45) is 7.49. The highest BCUT2D eigenvalue weighted by molar-refractivity contribution is 5.98. The zero-order chi connectivity index (χ0) is 42.6. The number of aryl methyl sites for hydroxylation is 2. The Bertz CT molecular complexity index is 2390. The quantitative estimate of drug-likeness (QED) is 0.147. The Kier molecular flexibility index (Phi) is 12.2. The molecule has 8 rings (SSSR count). The van der Waals surface area contributed by atoms with Gasteiger partial charge in [0, 0.05) is 67.9 Å². The molecule has 0 saturated carbocycles. The topological polar surface area (TPSA) is 147 Å². The van der Waals surface area contributed by atoms with Gasteiger partial charge in [-0.1, -0.05) is 66.7 Å². The van der Waals surface area contributed by atoms with Crippen molar-refractivity contribution in [2.45, 2.75) is 56.9 Å². The van der Waals surface area contributed by atoms with Crippen molar-refractivity contribution in [3.63, 3.8) is 0 Å². The van der Waals surface area contributed by atoms with Crippen LogP contribution in [0.3, 0.4) is 0 Å². The molecule has 3 aliphatic rings. The van der Waals surface area contributed by atoms with Gasteiger partial charge < -0.3 is 29.7 Å². The summed E-state index contributed by atoms with van der Waals surface area (Å²) >= 11 is 0. The van der Waals surface area contributed by atoms with Crippen molar-refractivity contribution < 1.29 is 24.3 Å². The molecule has 2 aromatic heterocycles. The average Bonchev–Trinajstić information content (AvgIpc) is 3.60. The van der Waals surface area contributed by atoms with E-state index < -0.39 is 12.2 Å². The lowest BCUT2D eigenvalue weighted by atomic mass is 9.97. The van der Waals surface area contributed by atoms with Crippen LogP contribution in [0, 0.1) is 0 Å². The van der Waals surface area contributed by atoms with Crippen molar-refractivity contribution in [3.05, 3.63) is 127 Å². The minimum Gasteiger partial charge on any atom is -0.508 e. The molecule has 3 N–H and O–H groups in total. The monoisotopic (exact) mass is 823 g/mol. The summed E-state index contributed by atoms with van der Waals surface area (Å²) in [5, 5.41) is 20.4. The van der Waals surface area contributed by atoms with Crippen LogP contribution < -0.4 is 10.6 Å². The number of hydrogen-bond acceptors (Lipinski definition) is 8. The van der Waals surface area contributed by atoms with Gasteiger partial charge in [0.05, 0.1) is 18.6 Å². The van der Waals surface area contributed by atoms with E-state index >= 15 is 0 Å². The van der Waals surface area contributed by atoms with Crippen LogP contribution in [0.25, 0.3) is 22.0 Å². The van der Waals surface area contributed by atoms with Gasteiger partial charge in [0.2, 0.25) is 17.7 Å². The molecule has 5 heterocycles. The Morgan fingerprint density at radius 2 is 1.70 bits per heavy atom. The molecule has 0 bridgehead atoms. The standard InChI is InChI=1S/C47H53N9O5/c1-4-23-54-31-44(59)55-40(26-33-13-17-37(57)18-14-33)46(60)53(30-42(55)56(54)43(58)20-15-32-9-6-5-7-10-32)28-35-11-8-12-38-39(29-52(3)45(35)38)34-16-19-41(48-27-34)50-47(61)49-36-21-24-51(2)25-22-36/h4-14,16-19,27,29,36,40,42,57H,1,15,20-26,28,30-31H2,2-3H3,(H2,48,49,50,61)/t40-,42-/m0/s1. The van der Waals surface area contributed by atoms with Crippen molar-refractivity contribution in [2.24, 2.45) is 7.05 Å². The van der Waals surface area contributed by atoms with Crippen LogP contribution in [-0.2, 0) is 40.8 Å². The molecule has 0 radical (unpaired) electrons. The molecule has 0 aliphatic carbocycles. The largest absolute Gasteiger partial charge is 0.508 e. The molecule has 14 nitrogen and oxygen atoms in total. The predicted octanol–water partition coefficient (Wildman–Crippen LogP) is 5.15. The molecule has 61 heavy (non-hydrogen) atoms. The number of urea groups is 1. The lowest BCUT2D eigenvalue weighted by Crippen LogP contribution is -2.75. The third-order valence-electron chi connectivity index (χ3n) is 12.1. The van der Waals surface area contributed by atoms with Crippen LogP contribution in [0.1, 0.15) is 36.0 Å². The number of para-hydroxylation sites is 1. The van der Waals surface area contributed by atoms with Gasteiger partial charge in [-0.05, 0) is 80.4 Å². The number of pyridine rings is 1. The molecule has 3 fully saturated rings. The minimum absolute atomic E-state index is 0.0675. The number of aromatic hydroxyl groups is 1. The summed E-state index contributed by atoms with van der Waals surface area (Å²) in [5.74, 6) is -0.0442. The normalized spacial score (nSPS) is 19.0. The maximum absolute atomic E-state index is 14.8. The van der Waals surface area contributed by atoms with Crippen molar-refractivity contribution >= 4 is 40.5 Å². The summed E-state index contributed by atoms with van der Waals surface area (Å²) in [4.78, 5) is 66.2. The molecule has 3 saturated heterocycles. The maximum atomic E-state index is 14.8. The third kappa shape index (κ3) is 9.01.